The zero-order valence-electron chi connectivity index (χ0n) is 10.9. The molecular formula is C14H15ClN2O3. The van der Waals surface area contributed by atoms with Crippen LogP contribution in [0, 0.1) is 10.1 Å². The maximum atomic E-state index is 11.7. The van der Waals surface area contributed by atoms with Gasteiger partial charge in [0.05, 0.1) is 15.6 Å². The van der Waals surface area contributed by atoms with Crippen LogP contribution in [0.1, 0.15) is 32.1 Å². The number of ketones is 1. The molecule has 2 fully saturated rings. The van der Waals surface area contributed by atoms with Crippen molar-refractivity contribution in [2.45, 2.75) is 44.2 Å². The van der Waals surface area contributed by atoms with Gasteiger partial charge in [0.25, 0.3) is 5.69 Å². The zero-order chi connectivity index (χ0) is 14.3. The van der Waals surface area contributed by atoms with Gasteiger partial charge in [-0.3, -0.25) is 14.9 Å². The highest BCUT2D eigenvalue weighted by molar-refractivity contribution is 6.33. The number of benzene rings is 1. The number of fused-ring (bicyclic) bond motifs is 2. The second-order valence-electron chi connectivity index (χ2n) is 5.49. The Morgan fingerprint density at radius 2 is 1.90 bits per heavy atom. The SMILES string of the molecule is O=C1CC2CCCC(C1)N2c1cc([N+](=O)[O-])ccc1Cl. The van der Waals surface area contributed by atoms with E-state index in [1.807, 2.05) is 0 Å². The molecule has 2 atom stereocenters. The molecule has 1 aromatic rings. The Hall–Kier alpha value is -1.62. The van der Waals surface area contributed by atoms with Crippen molar-refractivity contribution in [1.29, 1.82) is 0 Å². The molecule has 0 amide bonds. The third kappa shape index (κ3) is 2.26. The summed E-state index contributed by atoms with van der Waals surface area (Å²) in [5.41, 5.74) is 0.738. The third-order valence-corrected chi connectivity index (χ3v) is 4.53. The fourth-order valence-electron chi connectivity index (χ4n) is 3.38. The average Bonchev–Trinajstić information content (AvgIpc) is 2.38. The molecule has 2 unspecified atom stereocenters. The third-order valence-electron chi connectivity index (χ3n) is 4.21. The summed E-state index contributed by atoms with van der Waals surface area (Å²) in [6.07, 6.45) is 4.04. The molecule has 2 aliphatic heterocycles. The van der Waals surface area contributed by atoms with Gasteiger partial charge in [-0.2, -0.15) is 0 Å². The van der Waals surface area contributed by atoms with Gasteiger partial charge in [0.2, 0.25) is 0 Å². The van der Waals surface area contributed by atoms with Gasteiger partial charge in [-0.25, -0.2) is 0 Å². The molecule has 0 saturated carbocycles. The number of nitrogens with zero attached hydrogens (tertiary/aromatic N) is 2. The number of piperidine rings is 2. The van der Waals surface area contributed by atoms with Gasteiger partial charge in [-0.1, -0.05) is 11.6 Å². The van der Waals surface area contributed by atoms with Gasteiger partial charge < -0.3 is 4.90 Å². The van der Waals surface area contributed by atoms with Crippen molar-refractivity contribution < 1.29 is 9.72 Å². The lowest BCUT2D eigenvalue weighted by Gasteiger charge is -2.47. The van der Waals surface area contributed by atoms with Crippen LogP contribution in [0.15, 0.2) is 18.2 Å². The number of rotatable bonds is 2. The van der Waals surface area contributed by atoms with E-state index >= 15 is 0 Å². The highest BCUT2D eigenvalue weighted by atomic mass is 35.5. The van der Waals surface area contributed by atoms with Crippen molar-refractivity contribution in [2.75, 3.05) is 4.90 Å². The number of hydrogen-bond acceptors (Lipinski definition) is 4. The molecule has 2 heterocycles. The Labute approximate surface area is 121 Å². The van der Waals surface area contributed by atoms with Crippen molar-refractivity contribution in [3.8, 4) is 0 Å². The molecular weight excluding hydrogens is 280 g/mol. The summed E-state index contributed by atoms with van der Waals surface area (Å²) in [6.45, 7) is 0. The lowest BCUT2D eigenvalue weighted by atomic mass is 9.83. The molecule has 20 heavy (non-hydrogen) atoms. The van der Waals surface area contributed by atoms with Crippen LogP contribution in [0.2, 0.25) is 5.02 Å². The molecule has 0 N–H and O–H groups in total. The molecule has 0 radical (unpaired) electrons. The van der Waals surface area contributed by atoms with Gasteiger partial charge in [-0.15, -0.1) is 0 Å². The van der Waals surface area contributed by atoms with Crippen LogP contribution in [0.3, 0.4) is 0 Å². The lowest BCUT2D eigenvalue weighted by molar-refractivity contribution is -0.384. The molecule has 2 aliphatic rings. The van der Waals surface area contributed by atoms with Gasteiger partial charge >= 0.3 is 0 Å². The summed E-state index contributed by atoms with van der Waals surface area (Å²) >= 11 is 6.23. The van der Waals surface area contributed by atoms with E-state index in [9.17, 15) is 14.9 Å². The van der Waals surface area contributed by atoms with E-state index in [0.29, 0.717) is 23.6 Å². The number of non-ortho nitro benzene ring substituents is 1. The first-order chi connectivity index (χ1) is 9.56. The van der Waals surface area contributed by atoms with Crippen LogP contribution in [0.5, 0.6) is 0 Å². The number of hydrogen-bond donors (Lipinski definition) is 0. The zero-order valence-corrected chi connectivity index (χ0v) is 11.7. The number of carbonyl (C=O) groups is 1. The van der Waals surface area contributed by atoms with Gasteiger partial charge in [0, 0.05) is 37.1 Å². The molecule has 2 saturated heterocycles. The van der Waals surface area contributed by atoms with E-state index in [2.05, 4.69) is 4.90 Å². The Bertz CT molecular complexity index is 560. The van der Waals surface area contributed by atoms with Crippen molar-refractivity contribution in [3.63, 3.8) is 0 Å². The monoisotopic (exact) mass is 294 g/mol. The van der Waals surface area contributed by atoms with Crippen molar-refractivity contribution in [2.24, 2.45) is 0 Å². The molecule has 0 aliphatic carbocycles. The number of halogens is 1. The Morgan fingerprint density at radius 3 is 2.50 bits per heavy atom. The van der Waals surface area contributed by atoms with E-state index < -0.39 is 4.92 Å². The second-order valence-corrected chi connectivity index (χ2v) is 5.89. The number of anilines is 1. The number of nitro benzene ring substituents is 1. The molecule has 1 aromatic carbocycles. The summed E-state index contributed by atoms with van der Waals surface area (Å²) in [5.74, 6) is 0.289. The average molecular weight is 295 g/mol. The topological polar surface area (TPSA) is 63.5 Å². The quantitative estimate of drug-likeness (QED) is 0.620. The smallest absolute Gasteiger partial charge is 0.271 e. The number of nitro groups is 1. The first-order valence-corrected chi connectivity index (χ1v) is 7.18. The van der Waals surface area contributed by atoms with Crippen LogP contribution in [0.4, 0.5) is 11.4 Å². The molecule has 0 spiro atoms. The van der Waals surface area contributed by atoms with E-state index in [0.717, 1.165) is 19.3 Å². The van der Waals surface area contributed by atoms with E-state index in [-0.39, 0.29) is 23.6 Å². The first kappa shape index (κ1) is 13.4. The van der Waals surface area contributed by atoms with Crippen molar-refractivity contribution in [1.82, 2.24) is 0 Å². The van der Waals surface area contributed by atoms with Crippen LogP contribution in [-0.4, -0.2) is 22.8 Å². The molecule has 0 aromatic heterocycles. The minimum Gasteiger partial charge on any atom is -0.363 e. The highest BCUT2D eigenvalue weighted by Gasteiger charge is 2.38. The Morgan fingerprint density at radius 1 is 1.25 bits per heavy atom. The van der Waals surface area contributed by atoms with Gasteiger partial charge in [0.1, 0.15) is 5.78 Å². The second kappa shape index (κ2) is 5.05. The predicted molar refractivity (Wildman–Crippen MR) is 76.3 cm³/mol. The normalized spacial score (nSPS) is 25.6. The fourth-order valence-corrected chi connectivity index (χ4v) is 3.60. The van der Waals surface area contributed by atoms with E-state index in [4.69, 9.17) is 11.6 Å². The minimum absolute atomic E-state index is 0.0411. The maximum absolute atomic E-state index is 11.7. The van der Waals surface area contributed by atoms with Crippen molar-refractivity contribution in [3.05, 3.63) is 33.3 Å². The Kier molecular flexibility index (Phi) is 3.38. The van der Waals surface area contributed by atoms with Crippen LogP contribution >= 0.6 is 11.6 Å². The van der Waals surface area contributed by atoms with Crippen LogP contribution in [-0.2, 0) is 4.79 Å². The van der Waals surface area contributed by atoms with Gasteiger partial charge in [0.15, 0.2) is 0 Å². The molecule has 5 nitrogen and oxygen atoms in total. The molecule has 106 valence electrons. The molecule has 2 bridgehead atoms. The van der Waals surface area contributed by atoms with E-state index in [1.54, 1.807) is 6.07 Å². The summed E-state index contributed by atoms with van der Waals surface area (Å²) in [7, 11) is 0. The highest BCUT2D eigenvalue weighted by Crippen LogP contribution is 2.40. The maximum Gasteiger partial charge on any atom is 0.271 e. The minimum atomic E-state index is -0.412. The van der Waals surface area contributed by atoms with Crippen LogP contribution in [0.25, 0.3) is 0 Å². The first-order valence-electron chi connectivity index (χ1n) is 6.80. The standard InChI is InChI=1S/C14H15ClN2O3/c15-13-5-4-11(17(19)20)8-14(13)16-9-2-1-3-10(16)7-12(18)6-9/h4-5,8-10H,1-3,6-7H2. The summed E-state index contributed by atoms with van der Waals surface area (Å²) in [5, 5.41) is 11.5. The largest absolute Gasteiger partial charge is 0.363 e. The number of Topliss-reactive ketones (excluding diaryl/α,β-unsaturated/α-hetero) is 1. The molecule has 3 rings (SSSR count). The molecule has 6 heteroatoms. The Balaban J connectivity index is 2.01. The summed E-state index contributed by atoms with van der Waals surface area (Å²) < 4.78 is 0. The predicted octanol–water partition coefficient (Wildman–Crippen LogP) is 3.34. The van der Waals surface area contributed by atoms with E-state index in [1.165, 1.54) is 12.1 Å². The fraction of sp³-hybridized carbons (Fsp3) is 0.500. The van der Waals surface area contributed by atoms with Crippen molar-refractivity contribution >= 4 is 28.8 Å². The lowest BCUT2D eigenvalue weighted by Crippen LogP contribution is -2.52. The summed E-state index contributed by atoms with van der Waals surface area (Å²) in [6, 6.07) is 4.78. The number of carbonyl (C=O) groups excluding carboxylic acids is 1. The van der Waals surface area contributed by atoms with Crippen LogP contribution < -0.4 is 4.90 Å². The van der Waals surface area contributed by atoms with Gasteiger partial charge in [-0.05, 0) is 25.3 Å². The summed E-state index contributed by atoms with van der Waals surface area (Å²) in [4.78, 5) is 24.4.